The van der Waals surface area contributed by atoms with Gasteiger partial charge in [-0.3, -0.25) is 4.79 Å². The molecule has 0 saturated carbocycles. The molecule has 0 bridgehead atoms. The smallest absolute Gasteiger partial charge is 0.241 e. The van der Waals surface area contributed by atoms with Gasteiger partial charge < -0.3 is 15.8 Å². The zero-order chi connectivity index (χ0) is 12.8. The number of hydrogen-bond acceptors (Lipinski definition) is 3. The van der Waals surface area contributed by atoms with Crippen LogP contribution in [-0.4, -0.2) is 19.1 Å². The molecule has 0 saturated heterocycles. The molecule has 94 valence electrons. The van der Waals surface area contributed by atoms with Crippen molar-refractivity contribution >= 4 is 11.6 Å². The predicted octanol–water partition coefficient (Wildman–Crippen LogP) is 1.75. The molecule has 1 atom stereocenters. The normalized spacial score (nSPS) is 12.5. The van der Waals surface area contributed by atoms with Crippen molar-refractivity contribution in [1.82, 2.24) is 0 Å². The second-order valence-electron chi connectivity index (χ2n) is 4.39. The Morgan fingerprint density at radius 1 is 1.47 bits per heavy atom. The number of hydrogen-bond donors (Lipinski definition) is 2. The number of carbonyl (C=O) groups excluding carboxylic acids is 1. The van der Waals surface area contributed by atoms with E-state index in [1.807, 2.05) is 38.1 Å². The van der Waals surface area contributed by atoms with Crippen molar-refractivity contribution in [3.05, 3.63) is 29.8 Å². The summed E-state index contributed by atoms with van der Waals surface area (Å²) in [4.78, 5) is 11.8. The summed E-state index contributed by atoms with van der Waals surface area (Å²) in [5, 5.41) is 2.80. The van der Waals surface area contributed by atoms with Crippen molar-refractivity contribution in [2.24, 2.45) is 11.7 Å². The quantitative estimate of drug-likeness (QED) is 0.818. The van der Waals surface area contributed by atoms with E-state index in [1.165, 1.54) is 0 Å². The number of ether oxygens (including phenoxy) is 1. The molecule has 17 heavy (non-hydrogen) atoms. The summed E-state index contributed by atoms with van der Waals surface area (Å²) >= 11 is 0. The summed E-state index contributed by atoms with van der Waals surface area (Å²) in [7, 11) is 1.64. The van der Waals surface area contributed by atoms with Crippen LogP contribution in [0.1, 0.15) is 19.4 Å². The summed E-state index contributed by atoms with van der Waals surface area (Å²) < 4.78 is 5.04. The van der Waals surface area contributed by atoms with Gasteiger partial charge in [0.1, 0.15) is 0 Å². The van der Waals surface area contributed by atoms with Crippen LogP contribution in [0, 0.1) is 5.92 Å². The van der Waals surface area contributed by atoms with Crippen molar-refractivity contribution in [3.8, 4) is 0 Å². The Bertz CT molecular complexity index is 377. The Balaban J connectivity index is 2.68. The van der Waals surface area contributed by atoms with E-state index in [2.05, 4.69) is 5.32 Å². The minimum absolute atomic E-state index is 0.122. The Morgan fingerprint density at radius 3 is 2.76 bits per heavy atom. The minimum Gasteiger partial charge on any atom is -0.380 e. The third-order valence-electron chi connectivity index (χ3n) is 2.53. The molecule has 1 amide bonds. The maximum Gasteiger partial charge on any atom is 0.241 e. The summed E-state index contributed by atoms with van der Waals surface area (Å²) in [5.41, 5.74) is 7.54. The third-order valence-corrected chi connectivity index (χ3v) is 2.53. The lowest BCUT2D eigenvalue weighted by Crippen LogP contribution is -2.39. The second-order valence-corrected chi connectivity index (χ2v) is 4.39. The first kappa shape index (κ1) is 13.7. The number of anilines is 1. The lowest BCUT2D eigenvalue weighted by atomic mass is 10.0. The van der Waals surface area contributed by atoms with Crippen molar-refractivity contribution < 1.29 is 9.53 Å². The van der Waals surface area contributed by atoms with Crippen molar-refractivity contribution in [3.63, 3.8) is 0 Å². The van der Waals surface area contributed by atoms with Gasteiger partial charge in [0.25, 0.3) is 0 Å². The standard InChI is InChI=1S/C13H20N2O2/c1-9(2)12(14)13(16)15-11-6-4-5-10(7-11)8-17-3/h4-7,9,12H,8,14H2,1-3H3,(H,15,16)/t12-/m1/s1. The van der Waals surface area contributed by atoms with E-state index in [4.69, 9.17) is 10.5 Å². The number of amides is 1. The molecule has 0 aliphatic heterocycles. The lowest BCUT2D eigenvalue weighted by molar-refractivity contribution is -0.118. The van der Waals surface area contributed by atoms with E-state index in [0.717, 1.165) is 11.3 Å². The van der Waals surface area contributed by atoms with Crippen LogP contribution in [0.4, 0.5) is 5.69 Å². The van der Waals surface area contributed by atoms with Gasteiger partial charge in [-0.25, -0.2) is 0 Å². The van der Waals surface area contributed by atoms with Crippen molar-refractivity contribution in [1.29, 1.82) is 0 Å². The van der Waals surface area contributed by atoms with E-state index in [9.17, 15) is 4.79 Å². The van der Waals surface area contributed by atoms with Gasteiger partial charge >= 0.3 is 0 Å². The maximum absolute atomic E-state index is 11.8. The highest BCUT2D eigenvalue weighted by Crippen LogP contribution is 2.12. The zero-order valence-electron chi connectivity index (χ0n) is 10.6. The summed E-state index contributed by atoms with van der Waals surface area (Å²) in [6, 6.07) is 7.06. The topological polar surface area (TPSA) is 64.3 Å². The van der Waals surface area contributed by atoms with Gasteiger partial charge in [0.2, 0.25) is 5.91 Å². The number of rotatable bonds is 5. The molecule has 1 aromatic rings. The number of nitrogens with one attached hydrogen (secondary N) is 1. The van der Waals surface area contributed by atoms with Gasteiger partial charge in [0, 0.05) is 12.8 Å². The van der Waals surface area contributed by atoms with Crippen LogP contribution in [0.5, 0.6) is 0 Å². The monoisotopic (exact) mass is 236 g/mol. The molecule has 0 spiro atoms. The Labute approximate surface area is 102 Å². The molecule has 3 N–H and O–H groups in total. The first-order chi connectivity index (χ1) is 8.04. The third kappa shape index (κ3) is 4.17. The van der Waals surface area contributed by atoms with Crippen LogP contribution in [-0.2, 0) is 16.1 Å². The van der Waals surface area contributed by atoms with Crippen LogP contribution < -0.4 is 11.1 Å². The second kappa shape index (κ2) is 6.37. The number of nitrogens with two attached hydrogens (primary N) is 1. The zero-order valence-corrected chi connectivity index (χ0v) is 10.6. The largest absolute Gasteiger partial charge is 0.380 e. The maximum atomic E-state index is 11.8. The van der Waals surface area contributed by atoms with Crippen LogP contribution in [0.3, 0.4) is 0 Å². The molecular formula is C13H20N2O2. The molecule has 0 aromatic heterocycles. The molecule has 4 nitrogen and oxygen atoms in total. The summed E-state index contributed by atoms with van der Waals surface area (Å²) in [5.74, 6) is -0.0354. The van der Waals surface area contributed by atoms with Crippen LogP contribution in [0.15, 0.2) is 24.3 Å². The number of benzene rings is 1. The summed E-state index contributed by atoms with van der Waals surface area (Å²) in [6.45, 7) is 4.37. The summed E-state index contributed by atoms with van der Waals surface area (Å²) in [6.07, 6.45) is 0. The molecule has 0 unspecified atom stereocenters. The van der Waals surface area contributed by atoms with Crippen LogP contribution >= 0.6 is 0 Å². The Morgan fingerprint density at radius 2 is 2.18 bits per heavy atom. The van der Waals surface area contributed by atoms with E-state index in [0.29, 0.717) is 6.61 Å². The van der Waals surface area contributed by atoms with E-state index < -0.39 is 6.04 Å². The number of methoxy groups -OCH3 is 1. The molecule has 0 heterocycles. The fraction of sp³-hybridized carbons (Fsp3) is 0.462. The van der Waals surface area contributed by atoms with Gasteiger partial charge in [-0.05, 0) is 23.6 Å². The highest BCUT2D eigenvalue weighted by atomic mass is 16.5. The molecular weight excluding hydrogens is 216 g/mol. The lowest BCUT2D eigenvalue weighted by Gasteiger charge is -2.15. The molecule has 0 fully saturated rings. The molecule has 1 aromatic carbocycles. The van der Waals surface area contributed by atoms with Gasteiger partial charge in [-0.2, -0.15) is 0 Å². The van der Waals surface area contributed by atoms with Crippen LogP contribution in [0.25, 0.3) is 0 Å². The fourth-order valence-corrected chi connectivity index (χ4v) is 1.43. The molecule has 1 rings (SSSR count). The van der Waals surface area contributed by atoms with E-state index >= 15 is 0 Å². The highest BCUT2D eigenvalue weighted by Gasteiger charge is 2.16. The average molecular weight is 236 g/mol. The highest BCUT2D eigenvalue weighted by molar-refractivity contribution is 5.94. The molecule has 0 aliphatic carbocycles. The van der Waals surface area contributed by atoms with E-state index in [1.54, 1.807) is 7.11 Å². The van der Waals surface area contributed by atoms with Gasteiger partial charge in [0.15, 0.2) is 0 Å². The van der Waals surface area contributed by atoms with Crippen molar-refractivity contribution in [2.45, 2.75) is 26.5 Å². The SMILES string of the molecule is COCc1cccc(NC(=O)[C@H](N)C(C)C)c1. The van der Waals surface area contributed by atoms with Gasteiger partial charge in [0.05, 0.1) is 12.6 Å². The first-order valence-corrected chi connectivity index (χ1v) is 5.69. The predicted molar refractivity (Wildman–Crippen MR) is 68.6 cm³/mol. The van der Waals surface area contributed by atoms with Crippen molar-refractivity contribution in [2.75, 3.05) is 12.4 Å². The number of carbonyl (C=O) groups is 1. The average Bonchev–Trinajstić information content (AvgIpc) is 2.28. The molecule has 0 radical (unpaired) electrons. The molecule has 4 heteroatoms. The minimum atomic E-state index is -0.485. The van der Waals surface area contributed by atoms with Gasteiger partial charge in [-0.15, -0.1) is 0 Å². The Kier molecular flexibility index (Phi) is 5.12. The fourth-order valence-electron chi connectivity index (χ4n) is 1.43. The van der Waals surface area contributed by atoms with E-state index in [-0.39, 0.29) is 11.8 Å². The van der Waals surface area contributed by atoms with Gasteiger partial charge in [-0.1, -0.05) is 26.0 Å². The first-order valence-electron chi connectivity index (χ1n) is 5.69. The van der Waals surface area contributed by atoms with Crippen LogP contribution in [0.2, 0.25) is 0 Å². The Hall–Kier alpha value is -1.39. The molecule has 0 aliphatic rings.